The molecular formula is C19H30N2O4. The van der Waals surface area contributed by atoms with Gasteiger partial charge >= 0.3 is 6.09 Å². The van der Waals surface area contributed by atoms with Crippen molar-refractivity contribution in [2.45, 2.75) is 70.7 Å². The van der Waals surface area contributed by atoms with Crippen LogP contribution < -0.4 is 11.1 Å². The zero-order valence-electron chi connectivity index (χ0n) is 15.7. The van der Waals surface area contributed by atoms with E-state index in [0.717, 1.165) is 5.56 Å². The molecule has 1 aromatic carbocycles. The van der Waals surface area contributed by atoms with Gasteiger partial charge in [-0.15, -0.1) is 0 Å². The fourth-order valence-electron chi connectivity index (χ4n) is 2.81. The summed E-state index contributed by atoms with van der Waals surface area (Å²) in [6.07, 6.45) is -1.36. The van der Waals surface area contributed by atoms with Crippen molar-refractivity contribution in [3.8, 4) is 0 Å². The molecule has 0 saturated carbocycles. The maximum Gasteiger partial charge on any atom is 0.407 e. The molecule has 0 aliphatic heterocycles. The summed E-state index contributed by atoms with van der Waals surface area (Å²) in [5, 5.41) is 13.0. The summed E-state index contributed by atoms with van der Waals surface area (Å²) >= 11 is 0. The molecule has 6 heteroatoms. The number of carbonyl (C=O) groups is 2. The van der Waals surface area contributed by atoms with Crippen LogP contribution in [0.25, 0.3) is 0 Å². The molecule has 0 spiro atoms. The van der Waals surface area contributed by atoms with E-state index in [1.807, 2.05) is 30.3 Å². The van der Waals surface area contributed by atoms with Crippen molar-refractivity contribution in [3.05, 3.63) is 35.9 Å². The summed E-state index contributed by atoms with van der Waals surface area (Å²) in [7, 11) is 0. The van der Waals surface area contributed by atoms with E-state index in [2.05, 4.69) is 5.32 Å². The second-order valence-corrected chi connectivity index (χ2v) is 7.42. The van der Waals surface area contributed by atoms with Gasteiger partial charge in [0, 0.05) is 18.4 Å². The first-order valence-corrected chi connectivity index (χ1v) is 8.49. The molecule has 0 saturated heterocycles. The number of hydrogen-bond acceptors (Lipinski definition) is 5. The molecule has 0 heterocycles. The number of ether oxygens (including phenoxy) is 1. The summed E-state index contributed by atoms with van der Waals surface area (Å²) in [5.41, 5.74) is 6.46. The Morgan fingerprint density at radius 1 is 1.24 bits per heavy atom. The number of ketones is 1. The van der Waals surface area contributed by atoms with E-state index in [4.69, 9.17) is 10.5 Å². The van der Waals surface area contributed by atoms with Gasteiger partial charge in [0.2, 0.25) is 0 Å². The fourth-order valence-corrected chi connectivity index (χ4v) is 2.81. The predicted molar refractivity (Wildman–Crippen MR) is 97.3 cm³/mol. The SMILES string of the molecule is CC(=O)CC(N)C(c1ccccc1)[C@H](NC(=O)OC(C)(C)C)[C@@H](C)O. The fraction of sp³-hybridized carbons (Fsp3) is 0.579. The van der Waals surface area contributed by atoms with Crippen LogP contribution in [0.1, 0.15) is 52.5 Å². The molecule has 25 heavy (non-hydrogen) atoms. The van der Waals surface area contributed by atoms with Crippen molar-refractivity contribution in [3.63, 3.8) is 0 Å². The zero-order chi connectivity index (χ0) is 19.2. The first-order chi connectivity index (χ1) is 11.5. The summed E-state index contributed by atoms with van der Waals surface area (Å²) in [5.74, 6) is -0.479. The van der Waals surface area contributed by atoms with E-state index in [-0.39, 0.29) is 12.2 Å². The van der Waals surface area contributed by atoms with Crippen LogP contribution in [0.3, 0.4) is 0 Å². The normalized spacial score (nSPS) is 16.4. The van der Waals surface area contributed by atoms with Crippen LogP contribution in [0.2, 0.25) is 0 Å². The van der Waals surface area contributed by atoms with Gasteiger partial charge in [-0.3, -0.25) is 4.79 Å². The summed E-state index contributed by atoms with van der Waals surface area (Å²) in [6.45, 7) is 8.35. The molecule has 1 amide bonds. The Morgan fingerprint density at radius 3 is 2.24 bits per heavy atom. The highest BCUT2D eigenvalue weighted by Crippen LogP contribution is 2.27. The maximum absolute atomic E-state index is 12.2. The summed E-state index contributed by atoms with van der Waals surface area (Å²) < 4.78 is 5.30. The molecule has 0 aliphatic rings. The minimum atomic E-state index is -0.879. The molecule has 1 rings (SSSR count). The van der Waals surface area contributed by atoms with Gasteiger partial charge in [-0.1, -0.05) is 30.3 Å². The first-order valence-electron chi connectivity index (χ1n) is 8.49. The number of aliphatic hydroxyl groups excluding tert-OH is 1. The minimum Gasteiger partial charge on any atom is -0.444 e. The second-order valence-electron chi connectivity index (χ2n) is 7.42. The summed E-state index contributed by atoms with van der Waals surface area (Å²) in [6, 6.07) is 8.09. The van der Waals surface area contributed by atoms with Crippen molar-refractivity contribution in [1.82, 2.24) is 5.32 Å². The van der Waals surface area contributed by atoms with Crippen molar-refractivity contribution >= 4 is 11.9 Å². The lowest BCUT2D eigenvalue weighted by Gasteiger charge is -2.34. The van der Waals surface area contributed by atoms with Crippen LogP contribution in [0.4, 0.5) is 4.79 Å². The Kier molecular flexibility index (Phi) is 7.58. The van der Waals surface area contributed by atoms with Crippen molar-refractivity contribution in [1.29, 1.82) is 0 Å². The lowest BCUT2D eigenvalue weighted by molar-refractivity contribution is -0.117. The average molecular weight is 350 g/mol. The molecule has 140 valence electrons. The molecule has 4 atom stereocenters. The van der Waals surface area contributed by atoms with Crippen LogP contribution in [0.5, 0.6) is 0 Å². The predicted octanol–water partition coefficient (Wildman–Crippen LogP) is 2.35. The highest BCUT2D eigenvalue weighted by atomic mass is 16.6. The number of hydrogen-bond donors (Lipinski definition) is 3. The lowest BCUT2D eigenvalue weighted by atomic mass is 9.81. The number of nitrogens with one attached hydrogen (secondary N) is 1. The van der Waals surface area contributed by atoms with E-state index in [1.54, 1.807) is 27.7 Å². The van der Waals surface area contributed by atoms with Gasteiger partial charge in [0.1, 0.15) is 11.4 Å². The van der Waals surface area contributed by atoms with E-state index < -0.39 is 35.8 Å². The number of nitrogens with two attached hydrogens (primary N) is 1. The van der Waals surface area contributed by atoms with Gasteiger partial charge in [-0.05, 0) is 40.2 Å². The second kappa shape index (κ2) is 8.97. The number of amides is 1. The highest BCUT2D eigenvalue weighted by molar-refractivity contribution is 5.76. The number of alkyl carbamates (subject to hydrolysis) is 1. The largest absolute Gasteiger partial charge is 0.444 e. The quantitative estimate of drug-likeness (QED) is 0.701. The molecule has 4 N–H and O–H groups in total. The number of rotatable bonds is 7. The molecular weight excluding hydrogens is 320 g/mol. The van der Waals surface area contributed by atoms with Crippen molar-refractivity contribution in [2.75, 3.05) is 0 Å². The Balaban J connectivity index is 3.13. The third-order valence-corrected chi connectivity index (χ3v) is 3.76. The van der Waals surface area contributed by atoms with E-state index in [1.165, 1.54) is 6.92 Å². The average Bonchev–Trinajstić information content (AvgIpc) is 2.44. The Hall–Kier alpha value is -1.92. The molecule has 0 bridgehead atoms. The molecule has 0 fully saturated rings. The van der Waals surface area contributed by atoms with E-state index >= 15 is 0 Å². The van der Waals surface area contributed by atoms with Crippen LogP contribution >= 0.6 is 0 Å². The van der Waals surface area contributed by atoms with Gasteiger partial charge < -0.3 is 20.9 Å². The number of aliphatic hydroxyl groups is 1. The lowest BCUT2D eigenvalue weighted by Crippen LogP contribution is -2.52. The van der Waals surface area contributed by atoms with Crippen LogP contribution in [0, 0.1) is 0 Å². The highest BCUT2D eigenvalue weighted by Gasteiger charge is 2.34. The maximum atomic E-state index is 12.2. The van der Waals surface area contributed by atoms with Crippen molar-refractivity contribution < 1.29 is 19.4 Å². The number of Topliss-reactive ketones (excluding diaryl/α,β-unsaturated/α-hetero) is 1. The minimum absolute atomic E-state index is 0.0463. The molecule has 0 aromatic heterocycles. The Morgan fingerprint density at radius 2 is 1.80 bits per heavy atom. The molecule has 0 radical (unpaired) electrons. The van der Waals surface area contributed by atoms with Gasteiger partial charge in [0.25, 0.3) is 0 Å². The van der Waals surface area contributed by atoms with Gasteiger partial charge in [0.15, 0.2) is 0 Å². The standard InChI is InChI=1S/C19H30N2O4/c1-12(22)11-15(20)16(14-9-7-6-8-10-14)17(13(2)23)21-18(24)25-19(3,4)5/h6-10,13,15-17,23H,11,20H2,1-5H3,(H,21,24)/t13-,15?,16?,17-/m1/s1. The third-order valence-electron chi connectivity index (χ3n) is 3.76. The molecule has 6 nitrogen and oxygen atoms in total. The Bertz CT molecular complexity index is 567. The smallest absolute Gasteiger partial charge is 0.407 e. The number of carbonyl (C=O) groups excluding carboxylic acids is 2. The van der Waals surface area contributed by atoms with Gasteiger partial charge in [-0.25, -0.2) is 4.79 Å². The van der Waals surface area contributed by atoms with Gasteiger partial charge in [-0.2, -0.15) is 0 Å². The monoisotopic (exact) mass is 350 g/mol. The van der Waals surface area contributed by atoms with Crippen LogP contribution in [-0.2, 0) is 9.53 Å². The van der Waals surface area contributed by atoms with E-state index in [9.17, 15) is 14.7 Å². The van der Waals surface area contributed by atoms with Crippen molar-refractivity contribution in [2.24, 2.45) is 5.73 Å². The van der Waals surface area contributed by atoms with Gasteiger partial charge in [0.05, 0.1) is 12.1 Å². The first kappa shape index (κ1) is 21.1. The molecule has 0 aliphatic carbocycles. The molecule has 1 aromatic rings. The van der Waals surface area contributed by atoms with E-state index in [0.29, 0.717) is 0 Å². The molecule has 2 unspecified atom stereocenters. The third kappa shape index (κ3) is 7.23. The number of benzene rings is 1. The zero-order valence-corrected chi connectivity index (χ0v) is 15.7. The van der Waals surface area contributed by atoms with Crippen LogP contribution in [-0.4, -0.2) is 40.8 Å². The summed E-state index contributed by atoms with van der Waals surface area (Å²) in [4.78, 5) is 23.7. The Labute approximate surface area is 149 Å². The topological polar surface area (TPSA) is 102 Å². The van der Waals surface area contributed by atoms with Crippen LogP contribution in [0.15, 0.2) is 30.3 Å².